The van der Waals surface area contributed by atoms with E-state index < -0.39 is 5.54 Å². The predicted octanol–water partition coefficient (Wildman–Crippen LogP) is 3.71. The van der Waals surface area contributed by atoms with Crippen molar-refractivity contribution < 1.29 is 0 Å². The number of benzene rings is 1. The summed E-state index contributed by atoms with van der Waals surface area (Å²) in [7, 11) is 0. The summed E-state index contributed by atoms with van der Waals surface area (Å²) in [4.78, 5) is 1.02. The van der Waals surface area contributed by atoms with Gasteiger partial charge in [0.1, 0.15) is 5.54 Å². The van der Waals surface area contributed by atoms with Crippen LogP contribution in [-0.2, 0) is 0 Å². The van der Waals surface area contributed by atoms with Crippen LogP contribution in [0.5, 0.6) is 0 Å². The first kappa shape index (κ1) is 14.4. The van der Waals surface area contributed by atoms with Crippen LogP contribution in [0, 0.1) is 11.3 Å². The molecule has 0 radical (unpaired) electrons. The fraction of sp³-hybridized carbons (Fsp3) is 0.462. The van der Waals surface area contributed by atoms with Crippen molar-refractivity contribution in [1.82, 2.24) is 5.32 Å². The summed E-state index contributed by atoms with van der Waals surface area (Å²) >= 11 is 7.69. The maximum Gasteiger partial charge on any atom is 0.113 e. The Morgan fingerprint density at radius 2 is 2.18 bits per heavy atom. The van der Waals surface area contributed by atoms with Crippen molar-refractivity contribution in [3.63, 3.8) is 0 Å². The second-order valence-electron chi connectivity index (χ2n) is 4.09. The maximum atomic E-state index is 9.20. The van der Waals surface area contributed by atoms with E-state index in [2.05, 4.69) is 18.3 Å². The zero-order valence-corrected chi connectivity index (χ0v) is 11.7. The van der Waals surface area contributed by atoms with Gasteiger partial charge in [0.25, 0.3) is 0 Å². The fourth-order valence-electron chi connectivity index (χ4n) is 1.31. The summed E-state index contributed by atoms with van der Waals surface area (Å²) in [5.41, 5.74) is -0.500. The number of hydrogen-bond acceptors (Lipinski definition) is 3. The third kappa shape index (κ3) is 4.59. The Morgan fingerprint density at radius 1 is 1.47 bits per heavy atom. The first-order valence-electron chi connectivity index (χ1n) is 5.65. The van der Waals surface area contributed by atoms with Gasteiger partial charge in [-0.2, -0.15) is 5.26 Å². The van der Waals surface area contributed by atoms with Crippen LogP contribution in [0.25, 0.3) is 0 Å². The van der Waals surface area contributed by atoms with E-state index in [4.69, 9.17) is 11.6 Å². The Morgan fingerprint density at radius 3 is 2.76 bits per heavy atom. The van der Waals surface area contributed by atoms with Gasteiger partial charge >= 0.3 is 0 Å². The second kappa shape index (κ2) is 6.90. The molecule has 1 unspecified atom stereocenters. The number of hydrogen-bond donors (Lipinski definition) is 1. The van der Waals surface area contributed by atoms with Crippen LogP contribution in [0.2, 0.25) is 5.02 Å². The average Bonchev–Trinajstić information content (AvgIpc) is 2.35. The smallest absolute Gasteiger partial charge is 0.113 e. The third-order valence-electron chi connectivity index (χ3n) is 2.36. The molecule has 2 nitrogen and oxygen atoms in total. The molecule has 0 heterocycles. The minimum atomic E-state index is -0.500. The summed E-state index contributed by atoms with van der Waals surface area (Å²) < 4.78 is 0. The van der Waals surface area contributed by atoms with Gasteiger partial charge in [-0.1, -0.05) is 30.7 Å². The van der Waals surface area contributed by atoms with Gasteiger partial charge in [0.15, 0.2) is 0 Å². The number of rotatable bonds is 6. The Kier molecular flexibility index (Phi) is 5.84. The van der Waals surface area contributed by atoms with E-state index in [1.807, 2.05) is 31.2 Å². The zero-order valence-electron chi connectivity index (χ0n) is 10.2. The molecule has 0 saturated carbocycles. The molecule has 1 N–H and O–H groups in total. The molecule has 1 aromatic rings. The normalized spacial score (nSPS) is 14.0. The van der Waals surface area contributed by atoms with E-state index in [-0.39, 0.29) is 0 Å². The highest BCUT2D eigenvalue weighted by atomic mass is 35.5. The van der Waals surface area contributed by atoms with Crippen LogP contribution < -0.4 is 5.32 Å². The number of nitrogens with one attached hydrogen (secondary N) is 1. The molecule has 1 atom stereocenters. The standard InChI is InChI=1S/C13H17ClN2S/c1-3-8-16-13(2,9-15)10-17-12-7-5-4-6-11(12)14/h4-7,16H,3,8,10H2,1-2H3. The van der Waals surface area contributed by atoms with Crippen LogP contribution in [0.4, 0.5) is 0 Å². The van der Waals surface area contributed by atoms with E-state index in [0.717, 1.165) is 22.9 Å². The number of nitriles is 1. The van der Waals surface area contributed by atoms with Gasteiger partial charge in [-0.25, -0.2) is 0 Å². The van der Waals surface area contributed by atoms with Gasteiger partial charge in [0.05, 0.1) is 11.1 Å². The summed E-state index contributed by atoms with van der Waals surface area (Å²) in [5, 5.41) is 13.2. The molecule has 92 valence electrons. The molecular weight excluding hydrogens is 252 g/mol. The molecule has 0 spiro atoms. The molecule has 0 amide bonds. The fourth-order valence-corrected chi connectivity index (χ4v) is 2.60. The quantitative estimate of drug-likeness (QED) is 0.799. The SMILES string of the molecule is CCCNC(C)(C#N)CSc1ccccc1Cl. The Bertz CT molecular complexity index is 403. The molecule has 0 saturated heterocycles. The van der Waals surface area contributed by atoms with E-state index in [1.165, 1.54) is 0 Å². The molecule has 4 heteroatoms. The topological polar surface area (TPSA) is 35.8 Å². The Hall–Kier alpha value is -0.690. The van der Waals surface area contributed by atoms with Crippen LogP contribution in [-0.4, -0.2) is 17.8 Å². The van der Waals surface area contributed by atoms with E-state index in [0.29, 0.717) is 5.75 Å². The van der Waals surface area contributed by atoms with Crippen molar-refractivity contribution in [3.8, 4) is 6.07 Å². The summed E-state index contributed by atoms with van der Waals surface area (Å²) in [5.74, 6) is 0.688. The maximum absolute atomic E-state index is 9.20. The zero-order chi connectivity index (χ0) is 12.7. The lowest BCUT2D eigenvalue weighted by molar-refractivity contribution is 0.493. The average molecular weight is 269 g/mol. The number of nitrogens with zero attached hydrogens (tertiary/aromatic N) is 1. The van der Waals surface area contributed by atoms with E-state index in [9.17, 15) is 5.26 Å². The highest BCUT2D eigenvalue weighted by Crippen LogP contribution is 2.28. The molecule has 0 fully saturated rings. The molecule has 1 rings (SSSR count). The van der Waals surface area contributed by atoms with Crippen molar-refractivity contribution in [1.29, 1.82) is 5.26 Å². The van der Waals surface area contributed by atoms with Gasteiger partial charge in [0.2, 0.25) is 0 Å². The molecule has 0 bridgehead atoms. The van der Waals surface area contributed by atoms with Crippen molar-refractivity contribution in [3.05, 3.63) is 29.3 Å². The van der Waals surface area contributed by atoms with Crippen LogP contribution in [0.3, 0.4) is 0 Å². The van der Waals surface area contributed by atoms with Crippen molar-refractivity contribution in [2.75, 3.05) is 12.3 Å². The molecular formula is C13H17ClN2S. The molecule has 17 heavy (non-hydrogen) atoms. The van der Waals surface area contributed by atoms with Gasteiger partial charge < -0.3 is 0 Å². The highest BCUT2D eigenvalue weighted by Gasteiger charge is 2.23. The van der Waals surface area contributed by atoms with Crippen LogP contribution in [0.15, 0.2) is 29.2 Å². The molecule has 1 aromatic carbocycles. The number of halogens is 1. The van der Waals surface area contributed by atoms with Gasteiger partial charge in [0, 0.05) is 10.6 Å². The van der Waals surface area contributed by atoms with E-state index in [1.54, 1.807) is 11.8 Å². The van der Waals surface area contributed by atoms with Crippen molar-refractivity contribution in [2.45, 2.75) is 30.7 Å². The van der Waals surface area contributed by atoms with Crippen LogP contribution >= 0.6 is 23.4 Å². The highest BCUT2D eigenvalue weighted by molar-refractivity contribution is 7.99. The molecule has 0 aromatic heterocycles. The van der Waals surface area contributed by atoms with Gasteiger partial charge in [-0.3, -0.25) is 5.32 Å². The lowest BCUT2D eigenvalue weighted by Gasteiger charge is -2.22. The minimum Gasteiger partial charge on any atom is -0.299 e. The lowest BCUT2D eigenvalue weighted by Crippen LogP contribution is -2.43. The first-order chi connectivity index (χ1) is 8.11. The molecule has 0 aliphatic rings. The Labute approximate surface area is 112 Å². The van der Waals surface area contributed by atoms with E-state index >= 15 is 0 Å². The molecule has 0 aliphatic carbocycles. The largest absolute Gasteiger partial charge is 0.299 e. The van der Waals surface area contributed by atoms with Gasteiger partial charge in [-0.05, 0) is 32.0 Å². The summed E-state index contributed by atoms with van der Waals surface area (Å²) in [6.07, 6.45) is 1.02. The summed E-state index contributed by atoms with van der Waals surface area (Å²) in [6.45, 7) is 4.87. The van der Waals surface area contributed by atoms with Crippen molar-refractivity contribution in [2.24, 2.45) is 0 Å². The Balaban J connectivity index is 2.59. The van der Waals surface area contributed by atoms with Gasteiger partial charge in [-0.15, -0.1) is 11.8 Å². The van der Waals surface area contributed by atoms with Crippen LogP contribution in [0.1, 0.15) is 20.3 Å². The summed E-state index contributed by atoms with van der Waals surface area (Å²) in [6, 6.07) is 10.0. The monoisotopic (exact) mass is 268 g/mol. The second-order valence-corrected chi connectivity index (χ2v) is 5.51. The van der Waals surface area contributed by atoms with Crippen molar-refractivity contribution >= 4 is 23.4 Å². The third-order valence-corrected chi connectivity index (χ3v) is 4.20. The first-order valence-corrected chi connectivity index (χ1v) is 7.01. The minimum absolute atomic E-state index is 0.500. The molecule has 0 aliphatic heterocycles. The lowest BCUT2D eigenvalue weighted by atomic mass is 10.1. The predicted molar refractivity (Wildman–Crippen MR) is 74.5 cm³/mol. The number of thioether (sulfide) groups is 1.